The van der Waals surface area contributed by atoms with Gasteiger partial charge < -0.3 is 9.42 Å². The van der Waals surface area contributed by atoms with Gasteiger partial charge in [0.05, 0.1) is 6.61 Å². The Morgan fingerprint density at radius 1 is 1.67 bits per heavy atom. The van der Waals surface area contributed by atoms with Crippen molar-refractivity contribution in [3.8, 4) is 0 Å². The van der Waals surface area contributed by atoms with Crippen LogP contribution in [0.1, 0.15) is 19.8 Å². The van der Waals surface area contributed by atoms with Gasteiger partial charge in [0.2, 0.25) is 0 Å². The molecule has 3 nitrogen and oxygen atoms in total. The van der Waals surface area contributed by atoms with E-state index in [1.54, 1.807) is 0 Å². The van der Waals surface area contributed by atoms with Crippen LogP contribution in [0, 0.1) is 0 Å². The molecule has 0 amide bonds. The zero-order valence-electron chi connectivity index (χ0n) is 5.29. The summed E-state index contributed by atoms with van der Waals surface area (Å²) in [6.45, 7) is 2.41. The summed E-state index contributed by atoms with van der Waals surface area (Å²) in [5.74, 6) is 0. The van der Waals surface area contributed by atoms with Crippen LogP contribution in [0.25, 0.3) is 0 Å². The van der Waals surface area contributed by atoms with E-state index in [9.17, 15) is 4.57 Å². The van der Waals surface area contributed by atoms with Crippen LogP contribution in [0.15, 0.2) is 0 Å². The minimum atomic E-state index is -2.66. The molecule has 1 unspecified atom stereocenters. The van der Waals surface area contributed by atoms with Gasteiger partial charge in [-0.15, -0.1) is 0 Å². The van der Waals surface area contributed by atoms with Crippen LogP contribution >= 0.6 is 8.25 Å². The fourth-order valence-electron chi connectivity index (χ4n) is 0.304. The van der Waals surface area contributed by atoms with Crippen LogP contribution in [0.4, 0.5) is 0 Å². The molecule has 0 heterocycles. The third-order valence-corrected chi connectivity index (χ3v) is 1.17. The van der Waals surface area contributed by atoms with Crippen molar-refractivity contribution in [2.75, 3.05) is 6.61 Å². The smallest absolute Gasteiger partial charge is 0.316 e. The summed E-state index contributed by atoms with van der Waals surface area (Å²) in [5.41, 5.74) is 0. The van der Waals surface area contributed by atoms with Gasteiger partial charge in [0.1, 0.15) is 0 Å². The summed E-state index contributed by atoms with van der Waals surface area (Å²) in [6.07, 6.45) is 1.85. The van der Waals surface area contributed by atoms with Crippen molar-refractivity contribution >= 4 is 8.25 Å². The first-order valence-corrected chi connectivity index (χ1v) is 3.89. The summed E-state index contributed by atoms with van der Waals surface area (Å²) in [4.78, 5) is 8.10. The van der Waals surface area contributed by atoms with Crippen molar-refractivity contribution in [3.05, 3.63) is 0 Å². The molecule has 0 bridgehead atoms. The van der Waals surface area contributed by atoms with Crippen LogP contribution in [0.5, 0.6) is 0 Å². The van der Waals surface area contributed by atoms with Crippen molar-refractivity contribution in [2.45, 2.75) is 19.8 Å². The van der Waals surface area contributed by atoms with E-state index in [0.29, 0.717) is 6.61 Å². The second-order valence-electron chi connectivity index (χ2n) is 1.47. The number of unbranched alkanes of at least 4 members (excludes halogenated alkanes) is 1. The third kappa shape index (κ3) is 12.0. The first kappa shape index (κ1) is 12.4. The van der Waals surface area contributed by atoms with Gasteiger partial charge in [-0.25, -0.2) is 0 Å². The van der Waals surface area contributed by atoms with Gasteiger partial charge in [0, 0.05) is 17.4 Å². The monoisotopic (exact) mass is 190 g/mol. The maximum absolute atomic E-state index is 9.84. The zero-order valence-corrected chi connectivity index (χ0v) is 7.57. The van der Waals surface area contributed by atoms with Crippen LogP contribution in [0.2, 0.25) is 0 Å². The van der Waals surface area contributed by atoms with Crippen molar-refractivity contribution < 1.29 is 31.3 Å². The van der Waals surface area contributed by atoms with Crippen molar-refractivity contribution in [1.29, 1.82) is 0 Å². The van der Waals surface area contributed by atoms with E-state index in [4.69, 9.17) is 4.89 Å². The fourth-order valence-corrected chi connectivity index (χ4v) is 0.623. The topological polar surface area (TPSA) is 46.5 Å². The molecule has 0 radical (unpaired) electrons. The summed E-state index contributed by atoms with van der Waals surface area (Å²) < 4.78 is 14.2. The maximum atomic E-state index is 9.84. The summed E-state index contributed by atoms with van der Waals surface area (Å²) >= 11 is 0. The van der Waals surface area contributed by atoms with Crippen LogP contribution in [-0.2, 0) is 26.4 Å². The predicted octanol–water partition coefficient (Wildman–Crippen LogP) is 1.18. The van der Waals surface area contributed by atoms with Gasteiger partial charge >= 0.3 is 8.25 Å². The van der Waals surface area contributed by atoms with Gasteiger partial charge in [-0.05, 0) is 6.42 Å². The molecule has 0 saturated carbocycles. The fraction of sp³-hybridized carbons (Fsp3) is 1.00. The molecule has 0 aliphatic rings. The van der Waals surface area contributed by atoms with Crippen molar-refractivity contribution in [2.24, 2.45) is 0 Å². The summed E-state index contributed by atoms with van der Waals surface area (Å²) in [5, 5.41) is 0. The van der Waals surface area contributed by atoms with Gasteiger partial charge in [0.15, 0.2) is 0 Å². The van der Waals surface area contributed by atoms with E-state index in [0.717, 1.165) is 12.8 Å². The summed E-state index contributed by atoms with van der Waals surface area (Å²) in [6, 6.07) is 0. The Morgan fingerprint density at radius 3 is 2.56 bits per heavy atom. The minimum absolute atomic E-state index is 0. The van der Waals surface area contributed by atoms with Crippen LogP contribution in [-0.4, -0.2) is 11.5 Å². The van der Waals surface area contributed by atoms with Crippen molar-refractivity contribution in [1.82, 2.24) is 0 Å². The summed E-state index contributed by atoms with van der Waals surface area (Å²) in [7, 11) is -2.66. The Labute approximate surface area is 66.5 Å². The van der Waals surface area contributed by atoms with Crippen molar-refractivity contribution in [3.63, 3.8) is 0 Å². The molecule has 9 heavy (non-hydrogen) atoms. The van der Waals surface area contributed by atoms with Crippen LogP contribution < -0.4 is 0 Å². The van der Waals surface area contributed by atoms with E-state index < -0.39 is 8.25 Å². The van der Waals surface area contributed by atoms with Crippen LogP contribution in [0.3, 0.4) is 0 Å². The Bertz CT molecular complexity index is 78.2. The molecular formula is C4H11CrO3P. The standard InChI is InChI=1S/C4H11O3P.Cr/c1-2-3-4-7-8(5)6;/h8H,2-4H2,1H3,(H,5,6);. The predicted molar refractivity (Wildman–Crippen MR) is 32.1 cm³/mol. The molecule has 0 fully saturated rings. The molecule has 0 aromatic carbocycles. The first-order chi connectivity index (χ1) is 3.77. The third-order valence-electron chi connectivity index (χ3n) is 0.723. The van der Waals surface area contributed by atoms with Gasteiger partial charge in [-0.1, -0.05) is 13.3 Å². The van der Waals surface area contributed by atoms with E-state index in [-0.39, 0.29) is 17.4 Å². The largest absolute Gasteiger partial charge is 0.326 e. The number of hydrogen-bond acceptors (Lipinski definition) is 2. The average Bonchev–Trinajstić information content (AvgIpc) is 1.66. The molecule has 1 atom stereocenters. The maximum Gasteiger partial charge on any atom is 0.316 e. The van der Waals surface area contributed by atoms with E-state index in [1.807, 2.05) is 6.92 Å². The van der Waals surface area contributed by atoms with E-state index in [1.165, 1.54) is 0 Å². The molecule has 56 valence electrons. The Balaban J connectivity index is 0. The molecular weight excluding hydrogens is 179 g/mol. The van der Waals surface area contributed by atoms with Gasteiger partial charge in [0.25, 0.3) is 0 Å². The Hall–Kier alpha value is 0.682. The van der Waals surface area contributed by atoms with Gasteiger partial charge in [-0.2, -0.15) is 0 Å². The van der Waals surface area contributed by atoms with E-state index >= 15 is 0 Å². The van der Waals surface area contributed by atoms with E-state index in [2.05, 4.69) is 4.52 Å². The Kier molecular flexibility index (Phi) is 11.9. The second kappa shape index (κ2) is 8.68. The molecule has 0 aromatic heterocycles. The average molecular weight is 190 g/mol. The zero-order chi connectivity index (χ0) is 6.41. The molecule has 0 spiro atoms. The van der Waals surface area contributed by atoms with Gasteiger partial charge in [-0.3, -0.25) is 4.57 Å². The number of hydrogen-bond donors (Lipinski definition) is 1. The molecule has 1 N–H and O–H groups in total. The molecule has 5 heteroatoms. The number of rotatable bonds is 4. The molecule has 0 saturated heterocycles. The molecule has 0 aromatic rings. The normalized spacial score (nSPS) is 12.2. The molecule has 0 aliphatic carbocycles. The SMILES string of the molecule is CCCCO[PH](=O)O.[Cr]. The second-order valence-corrected chi connectivity index (χ2v) is 2.29. The minimum Gasteiger partial charge on any atom is -0.326 e. The quantitative estimate of drug-likeness (QED) is 0.534. The molecule has 0 aliphatic heterocycles. The first-order valence-electron chi connectivity index (χ1n) is 2.63. The molecule has 0 rings (SSSR count). The Morgan fingerprint density at radius 2 is 2.22 bits per heavy atom.